The minimum Gasteiger partial charge on any atom is -0.365 e. The Labute approximate surface area is 133 Å². The van der Waals surface area contributed by atoms with Gasteiger partial charge in [-0.1, -0.05) is 0 Å². The summed E-state index contributed by atoms with van der Waals surface area (Å²) < 4.78 is 1.20. The molecule has 0 aromatic carbocycles. The Kier molecular flexibility index (Phi) is 3.31. The molecular formula is C16H21N5S. The molecule has 3 aromatic rings. The van der Waals surface area contributed by atoms with Gasteiger partial charge in [0.05, 0.1) is 10.2 Å². The highest BCUT2D eigenvalue weighted by Gasteiger charge is 2.20. The van der Waals surface area contributed by atoms with Crippen LogP contribution in [0.15, 0.2) is 6.07 Å². The van der Waals surface area contributed by atoms with Gasteiger partial charge in [-0.15, -0.1) is 11.3 Å². The van der Waals surface area contributed by atoms with E-state index in [0.717, 1.165) is 34.9 Å². The maximum Gasteiger partial charge on any atom is 0.166 e. The van der Waals surface area contributed by atoms with Gasteiger partial charge in [0.2, 0.25) is 0 Å². The van der Waals surface area contributed by atoms with Gasteiger partial charge in [0.15, 0.2) is 5.82 Å². The second-order valence-electron chi connectivity index (χ2n) is 6.36. The summed E-state index contributed by atoms with van der Waals surface area (Å²) in [5.41, 5.74) is 3.47. The second kappa shape index (κ2) is 5.21. The van der Waals surface area contributed by atoms with E-state index in [2.05, 4.69) is 52.4 Å². The number of piperidine rings is 1. The summed E-state index contributed by atoms with van der Waals surface area (Å²) in [6.45, 7) is 6.50. The van der Waals surface area contributed by atoms with Crippen molar-refractivity contribution in [3.05, 3.63) is 17.3 Å². The fraction of sp³-hybridized carbons (Fsp3) is 0.500. The van der Waals surface area contributed by atoms with E-state index >= 15 is 0 Å². The summed E-state index contributed by atoms with van der Waals surface area (Å²) >= 11 is 1.73. The third-order valence-electron chi connectivity index (χ3n) is 4.54. The lowest BCUT2D eigenvalue weighted by molar-refractivity contribution is 0.263. The Morgan fingerprint density at radius 3 is 2.86 bits per heavy atom. The van der Waals surface area contributed by atoms with Crippen LogP contribution >= 0.6 is 11.3 Å². The molecule has 6 heteroatoms. The summed E-state index contributed by atoms with van der Waals surface area (Å²) in [5, 5.41) is 12.6. The normalized spacial score (nSPS) is 17.6. The van der Waals surface area contributed by atoms with Crippen molar-refractivity contribution in [3.63, 3.8) is 0 Å². The highest BCUT2D eigenvalue weighted by Crippen LogP contribution is 2.37. The summed E-state index contributed by atoms with van der Waals surface area (Å²) in [4.78, 5) is 8.17. The molecule has 1 saturated heterocycles. The third kappa shape index (κ3) is 2.27. The maximum atomic E-state index is 4.68. The van der Waals surface area contributed by atoms with Crippen LogP contribution in [0.3, 0.4) is 0 Å². The number of fused-ring (bicyclic) bond motifs is 3. The molecule has 0 saturated carbocycles. The zero-order valence-electron chi connectivity index (χ0n) is 13.2. The van der Waals surface area contributed by atoms with E-state index in [1.807, 2.05) is 0 Å². The van der Waals surface area contributed by atoms with E-state index in [-0.39, 0.29) is 0 Å². The minimum absolute atomic E-state index is 0.517. The summed E-state index contributed by atoms with van der Waals surface area (Å²) in [6, 6.07) is 2.66. The number of rotatable bonds is 2. The first-order valence-electron chi connectivity index (χ1n) is 7.81. The number of pyridine rings is 1. The molecule has 1 aliphatic rings. The standard InChI is InChI=1S/C16H21N5S/c1-9-8-10(2)17-16-12(9)13-14(22-16)15(20-19-13)18-11-4-6-21(3)7-5-11/h8,11H,4-7H2,1-3H3,(H2,18,19,20). The topological polar surface area (TPSA) is 56.8 Å². The number of nitrogens with one attached hydrogen (secondary N) is 2. The van der Waals surface area contributed by atoms with Crippen molar-refractivity contribution in [2.75, 3.05) is 25.5 Å². The van der Waals surface area contributed by atoms with Gasteiger partial charge in [0.25, 0.3) is 0 Å². The number of nitrogens with zero attached hydrogens (tertiary/aromatic N) is 3. The van der Waals surface area contributed by atoms with Gasteiger partial charge in [-0.05, 0) is 58.5 Å². The zero-order chi connectivity index (χ0) is 15.3. The number of hydrogen-bond acceptors (Lipinski definition) is 5. The average Bonchev–Trinajstić information content (AvgIpc) is 3.01. The number of likely N-dealkylation sites (tertiary alicyclic amines) is 1. The van der Waals surface area contributed by atoms with E-state index in [9.17, 15) is 0 Å². The predicted molar refractivity (Wildman–Crippen MR) is 92.9 cm³/mol. The summed E-state index contributed by atoms with van der Waals surface area (Å²) in [6.07, 6.45) is 2.35. The van der Waals surface area contributed by atoms with Crippen LogP contribution < -0.4 is 5.32 Å². The molecule has 0 radical (unpaired) electrons. The van der Waals surface area contributed by atoms with Crippen LogP contribution in [0.1, 0.15) is 24.1 Å². The van der Waals surface area contributed by atoms with Crippen molar-refractivity contribution in [2.24, 2.45) is 0 Å². The molecule has 3 aromatic heterocycles. The molecule has 2 N–H and O–H groups in total. The molecule has 0 spiro atoms. The number of H-pyrrole nitrogens is 1. The highest BCUT2D eigenvalue weighted by atomic mass is 32.1. The van der Waals surface area contributed by atoms with Gasteiger partial charge >= 0.3 is 0 Å². The lowest BCUT2D eigenvalue weighted by Gasteiger charge is -2.29. The first kappa shape index (κ1) is 14.0. The molecule has 1 aliphatic heterocycles. The Morgan fingerprint density at radius 2 is 2.09 bits per heavy atom. The van der Waals surface area contributed by atoms with Crippen molar-refractivity contribution in [3.8, 4) is 0 Å². The van der Waals surface area contributed by atoms with Crippen molar-refractivity contribution < 1.29 is 0 Å². The van der Waals surface area contributed by atoms with E-state index in [1.54, 1.807) is 11.3 Å². The summed E-state index contributed by atoms with van der Waals surface area (Å²) in [5.74, 6) is 0.990. The van der Waals surface area contributed by atoms with Gasteiger partial charge < -0.3 is 10.2 Å². The second-order valence-corrected chi connectivity index (χ2v) is 7.36. The molecule has 4 heterocycles. The molecule has 116 valence electrons. The van der Waals surface area contributed by atoms with Crippen molar-refractivity contribution in [1.82, 2.24) is 20.1 Å². The number of thiophene rings is 1. The van der Waals surface area contributed by atoms with Crippen LogP contribution in [-0.2, 0) is 0 Å². The van der Waals surface area contributed by atoms with E-state index in [1.165, 1.54) is 28.5 Å². The van der Waals surface area contributed by atoms with Crippen molar-refractivity contribution in [1.29, 1.82) is 0 Å². The summed E-state index contributed by atoms with van der Waals surface area (Å²) in [7, 11) is 2.19. The average molecular weight is 315 g/mol. The molecule has 4 rings (SSSR count). The first-order valence-corrected chi connectivity index (χ1v) is 8.63. The van der Waals surface area contributed by atoms with Crippen LogP contribution in [0.25, 0.3) is 20.4 Å². The molecule has 22 heavy (non-hydrogen) atoms. The zero-order valence-corrected chi connectivity index (χ0v) is 14.0. The Hall–Kier alpha value is -1.66. The van der Waals surface area contributed by atoms with E-state index in [4.69, 9.17) is 0 Å². The van der Waals surface area contributed by atoms with Gasteiger partial charge in [-0.25, -0.2) is 4.98 Å². The minimum atomic E-state index is 0.517. The number of aromatic nitrogens is 3. The van der Waals surface area contributed by atoms with Gasteiger partial charge in [-0.3, -0.25) is 5.10 Å². The molecule has 0 unspecified atom stereocenters. The molecule has 0 amide bonds. The lowest BCUT2D eigenvalue weighted by atomic mass is 10.1. The van der Waals surface area contributed by atoms with Crippen LogP contribution in [0.4, 0.5) is 5.82 Å². The Morgan fingerprint density at radius 1 is 1.32 bits per heavy atom. The monoisotopic (exact) mass is 315 g/mol. The van der Waals surface area contributed by atoms with Crippen LogP contribution in [0.5, 0.6) is 0 Å². The molecular weight excluding hydrogens is 294 g/mol. The lowest BCUT2D eigenvalue weighted by Crippen LogP contribution is -2.36. The largest absolute Gasteiger partial charge is 0.365 e. The Balaban J connectivity index is 1.72. The molecule has 5 nitrogen and oxygen atoms in total. The van der Waals surface area contributed by atoms with Crippen LogP contribution in [0, 0.1) is 13.8 Å². The number of aromatic amines is 1. The smallest absolute Gasteiger partial charge is 0.166 e. The SMILES string of the molecule is Cc1cc(C)c2c(n1)sc1c(NC3CCN(C)CC3)n[nH]c12. The molecule has 0 atom stereocenters. The number of hydrogen-bond donors (Lipinski definition) is 2. The van der Waals surface area contributed by atoms with Gasteiger partial charge in [0, 0.05) is 17.1 Å². The fourth-order valence-electron chi connectivity index (χ4n) is 3.32. The molecule has 0 aliphatic carbocycles. The molecule has 1 fully saturated rings. The molecule has 0 bridgehead atoms. The van der Waals surface area contributed by atoms with Gasteiger partial charge in [-0.2, -0.15) is 5.10 Å². The van der Waals surface area contributed by atoms with E-state index < -0.39 is 0 Å². The number of anilines is 1. The van der Waals surface area contributed by atoms with Crippen LogP contribution in [-0.4, -0.2) is 46.3 Å². The highest BCUT2D eigenvalue weighted by molar-refractivity contribution is 7.26. The number of aryl methyl sites for hydroxylation is 2. The first-order chi connectivity index (χ1) is 10.6. The maximum absolute atomic E-state index is 4.68. The van der Waals surface area contributed by atoms with E-state index in [0.29, 0.717) is 6.04 Å². The van der Waals surface area contributed by atoms with Gasteiger partial charge in [0.1, 0.15) is 4.83 Å². The fourth-order valence-corrected chi connectivity index (χ4v) is 4.52. The predicted octanol–water partition coefficient (Wildman–Crippen LogP) is 3.30. The van der Waals surface area contributed by atoms with Crippen molar-refractivity contribution in [2.45, 2.75) is 32.7 Å². The Bertz CT molecular complexity index is 826. The van der Waals surface area contributed by atoms with Crippen LogP contribution in [0.2, 0.25) is 0 Å². The quantitative estimate of drug-likeness (QED) is 0.762. The third-order valence-corrected chi connectivity index (χ3v) is 5.63. The van der Waals surface area contributed by atoms with Crippen molar-refractivity contribution >= 4 is 37.6 Å².